The van der Waals surface area contributed by atoms with E-state index in [4.69, 9.17) is 0 Å². The van der Waals surface area contributed by atoms with Crippen LogP contribution in [0.15, 0.2) is 73.7 Å². The van der Waals surface area contributed by atoms with Crippen molar-refractivity contribution in [3.63, 3.8) is 0 Å². The summed E-state index contributed by atoms with van der Waals surface area (Å²) in [5.74, 6) is 6.54. The first-order valence-corrected chi connectivity index (χ1v) is 12.3. The lowest BCUT2D eigenvalue weighted by atomic mass is 9.90. The number of rotatable bonds is 5. The summed E-state index contributed by atoms with van der Waals surface area (Å²) in [6.45, 7) is 7.61. The van der Waals surface area contributed by atoms with Crippen LogP contribution in [0.2, 0.25) is 0 Å². The van der Waals surface area contributed by atoms with Crippen LogP contribution in [-0.2, 0) is 4.79 Å². The Morgan fingerprint density at radius 3 is 2.79 bits per heavy atom. The SMILES string of the molecule is C=CC(=O)Nc1cc2c(Nc3ccnc(-c4ccccc4F)c3)ncnc2cc1C#CC1(C)CCN(C)C1. The number of hydrogen-bond donors (Lipinski definition) is 2. The molecule has 8 heteroatoms. The zero-order chi connectivity index (χ0) is 26.7. The molecule has 0 aliphatic carbocycles. The van der Waals surface area contributed by atoms with E-state index in [2.05, 4.69) is 62.9 Å². The first-order valence-electron chi connectivity index (χ1n) is 12.3. The molecule has 1 amide bonds. The van der Waals surface area contributed by atoms with Crippen molar-refractivity contribution in [1.82, 2.24) is 19.9 Å². The van der Waals surface area contributed by atoms with E-state index in [1.807, 2.05) is 12.1 Å². The zero-order valence-electron chi connectivity index (χ0n) is 21.3. The molecule has 4 aromatic rings. The Kier molecular flexibility index (Phi) is 6.86. The van der Waals surface area contributed by atoms with E-state index in [9.17, 15) is 9.18 Å². The lowest BCUT2D eigenvalue weighted by Gasteiger charge is -2.16. The quantitative estimate of drug-likeness (QED) is 0.279. The third kappa shape index (κ3) is 5.38. The standard InChI is InChI=1S/C30H27FN6O/c1-4-28(38)36-25-17-23-26(15-20(25)9-11-30(2)12-14-37(3)18-30)33-19-34-29(23)35-21-10-13-32-27(16-21)22-7-5-6-8-24(22)31/h4-8,10,13,15-17,19H,1,12,14,18H2,2-3H3,(H,36,38)(H,32,33,34,35). The molecule has 2 aromatic carbocycles. The van der Waals surface area contributed by atoms with E-state index in [0.29, 0.717) is 44.9 Å². The summed E-state index contributed by atoms with van der Waals surface area (Å²) in [5.41, 5.74) is 3.33. The maximum atomic E-state index is 14.3. The summed E-state index contributed by atoms with van der Waals surface area (Å²) in [7, 11) is 2.09. The molecule has 2 N–H and O–H groups in total. The molecule has 5 rings (SSSR count). The van der Waals surface area contributed by atoms with Crippen molar-refractivity contribution >= 4 is 34.0 Å². The number of aromatic nitrogens is 3. The van der Waals surface area contributed by atoms with E-state index in [-0.39, 0.29) is 17.1 Å². The van der Waals surface area contributed by atoms with Gasteiger partial charge in [0.15, 0.2) is 0 Å². The number of amides is 1. The van der Waals surface area contributed by atoms with Gasteiger partial charge in [0.2, 0.25) is 5.91 Å². The van der Waals surface area contributed by atoms with Crippen LogP contribution < -0.4 is 10.6 Å². The van der Waals surface area contributed by atoms with Crippen LogP contribution in [-0.4, -0.2) is 45.9 Å². The van der Waals surface area contributed by atoms with Crippen molar-refractivity contribution in [2.24, 2.45) is 5.41 Å². The van der Waals surface area contributed by atoms with Crippen molar-refractivity contribution in [3.05, 3.63) is 85.1 Å². The molecule has 2 aromatic heterocycles. The van der Waals surface area contributed by atoms with Crippen molar-refractivity contribution in [2.45, 2.75) is 13.3 Å². The van der Waals surface area contributed by atoms with Crippen molar-refractivity contribution < 1.29 is 9.18 Å². The highest BCUT2D eigenvalue weighted by Gasteiger charge is 2.30. The number of carbonyl (C=O) groups is 1. The summed E-state index contributed by atoms with van der Waals surface area (Å²) in [6.07, 6.45) is 5.28. The van der Waals surface area contributed by atoms with Gasteiger partial charge in [-0.3, -0.25) is 9.78 Å². The van der Waals surface area contributed by atoms with Crippen LogP contribution in [0.1, 0.15) is 18.9 Å². The fourth-order valence-electron chi connectivity index (χ4n) is 4.57. The molecule has 0 spiro atoms. The number of likely N-dealkylation sites (tertiary alicyclic amines) is 1. The van der Waals surface area contributed by atoms with Gasteiger partial charge in [0, 0.05) is 34.8 Å². The topological polar surface area (TPSA) is 83.0 Å². The van der Waals surface area contributed by atoms with Crippen molar-refractivity contribution in [1.29, 1.82) is 0 Å². The average Bonchev–Trinajstić information content (AvgIpc) is 3.26. The number of carbonyl (C=O) groups excluding carboxylic acids is 1. The number of pyridine rings is 1. The molecule has 0 saturated carbocycles. The van der Waals surface area contributed by atoms with Crippen molar-refractivity contribution in [3.8, 4) is 23.1 Å². The van der Waals surface area contributed by atoms with Gasteiger partial charge in [0.05, 0.1) is 22.5 Å². The lowest BCUT2D eigenvalue weighted by Crippen LogP contribution is -2.20. The molecule has 0 bridgehead atoms. The molecule has 1 aliphatic rings. The van der Waals surface area contributed by atoms with E-state index >= 15 is 0 Å². The lowest BCUT2D eigenvalue weighted by molar-refractivity contribution is -0.111. The number of halogens is 1. The predicted molar refractivity (Wildman–Crippen MR) is 148 cm³/mol. The van der Waals surface area contributed by atoms with Gasteiger partial charge in [0.25, 0.3) is 0 Å². The van der Waals surface area contributed by atoms with Gasteiger partial charge in [-0.25, -0.2) is 14.4 Å². The normalized spacial score (nSPS) is 17.0. The second kappa shape index (κ2) is 10.4. The number of nitrogens with one attached hydrogen (secondary N) is 2. The number of hydrogen-bond acceptors (Lipinski definition) is 6. The highest BCUT2D eigenvalue weighted by molar-refractivity contribution is 6.03. The second-order valence-corrected chi connectivity index (χ2v) is 9.66. The van der Waals surface area contributed by atoms with Crippen LogP contribution in [0.25, 0.3) is 22.2 Å². The number of anilines is 3. The first kappa shape index (κ1) is 25.1. The van der Waals surface area contributed by atoms with Crippen LogP contribution in [0.4, 0.5) is 21.6 Å². The summed E-state index contributed by atoms with van der Waals surface area (Å²) in [5, 5.41) is 6.85. The molecule has 3 heterocycles. The Morgan fingerprint density at radius 2 is 2.03 bits per heavy atom. The fraction of sp³-hybridized carbons (Fsp3) is 0.200. The molecule has 1 aliphatic heterocycles. The Labute approximate surface area is 220 Å². The third-order valence-corrected chi connectivity index (χ3v) is 6.55. The Bertz CT molecular complexity index is 1610. The average molecular weight is 507 g/mol. The Hall–Kier alpha value is -4.61. The minimum atomic E-state index is -0.348. The Morgan fingerprint density at radius 1 is 1.18 bits per heavy atom. The number of benzene rings is 2. The third-order valence-electron chi connectivity index (χ3n) is 6.55. The van der Waals surface area contributed by atoms with Gasteiger partial charge in [-0.2, -0.15) is 0 Å². The largest absolute Gasteiger partial charge is 0.340 e. The second-order valence-electron chi connectivity index (χ2n) is 9.66. The van der Waals surface area contributed by atoms with Gasteiger partial charge in [0.1, 0.15) is 18.0 Å². The highest BCUT2D eigenvalue weighted by atomic mass is 19.1. The predicted octanol–water partition coefficient (Wildman–Crippen LogP) is 5.39. The summed E-state index contributed by atoms with van der Waals surface area (Å²) in [6, 6.07) is 13.7. The molecule has 1 fully saturated rings. The van der Waals surface area contributed by atoms with E-state index < -0.39 is 0 Å². The molecule has 0 radical (unpaired) electrons. The van der Waals surface area contributed by atoms with Crippen molar-refractivity contribution in [2.75, 3.05) is 30.8 Å². The molecule has 1 unspecified atom stereocenters. The first-order chi connectivity index (χ1) is 18.3. The molecule has 7 nitrogen and oxygen atoms in total. The van der Waals surface area contributed by atoms with Crippen LogP contribution in [0.5, 0.6) is 0 Å². The maximum absolute atomic E-state index is 14.3. The van der Waals surface area contributed by atoms with E-state index in [0.717, 1.165) is 19.5 Å². The molecule has 190 valence electrons. The smallest absolute Gasteiger partial charge is 0.247 e. The van der Waals surface area contributed by atoms with Gasteiger partial charge in [-0.1, -0.05) is 30.6 Å². The minimum Gasteiger partial charge on any atom is -0.340 e. The van der Waals surface area contributed by atoms with E-state index in [1.54, 1.807) is 36.5 Å². The van der Waals surface area contributed by atoms with E-state index in [1.165, 1.54) is 18.5 Å². The highest BCUT2D eigenvalue weighted by Crippen LogP contribution is 2.32. The number of fused-ring (bicyclic) bond motifs is 1. The van der Waals surface area contributed by atoms with Crippen LogP contribution in [0, 0.1) is 23.1 Å². The molecular formula is C30H27FN6O. The minimum absolute atomic E-state index is 0.126. The van der Waals surface area contributed by atoms with Gasteiger partial charge in [-0.15, -0.1) is 0 Å². The van der Waals surface area contributed by atoms with Gasteiger partial charge in [-0.05, 0) is 69.4 Å². The zero-order valence-corrected chi connectivity index (χ0v) is 21.3. The van der Waals surface area contributed by atoms with Gasteiger partial charge < -0.3 is 15.5 Å². The Balaban J connectivity index is 1.54. The monoisotopic (exact) mass is 506 g/mol. The molecule has 1 atom stereocenters. The fourth-order valence-corrected chi connectivity index (χ4v) is 4.57. The van der Waals surface area contributed by atoms with Gasteiger partial charge >= 0.3 is 0 Å². The molecule has 38 heavy (non-hydrogen) atoms. The molecular weight excluding hydrogens is 479 g/mol. The summed E-state index contributed by atoms with van der Waals surface area (Å²) < 4.78 is 14.3. The number of nitrogens with zero attached hydrogens (tertiary/aromatic N) is 4. The maximum Gasteiger partial charge on any atom is 0.247 e. The summed E-state index contributed by atoms with van der Waals surface area (Å²) in [4.78, 5) is 27.7. The van der Waals surface area contributed by atoms with Crippen LogP contribution in [0.3, 0.4) is 0 Å². The summed E-state index contributed by atoms with van der Waals surface area (Å²) >= 11 is 0. The molecule has 1 saturated heterocycles. The van der Waals surface area contributed by atoms with Crippen LogP contribution >= 0.6 is 0 Å².